The lowest BCUT2D eigenvalue weighted by atomic mass is 9.97. The Bertz CT molecular complexity index is 1450. The van der Waals surface area contributed by atoms with E-state index >= 15 is 0 Å². The number of carbonyl (C=O) groups is 2. The highest BCUT2D eigenvalue weighted by atomic mass is 19.4. The van der Waals surface area contributed by atoms with E-state index < -0.39 is 47.0 Å². The monoisotopic (exact) mass is 652 g/mol. The molecule has 0 N–H and O–H groups in total. The Morgan fingerprint density at radius 1 is 0.891 bits per heavy atom. The summed E-state index contributed by atoms with van der Waals surface area (Å²) in [4.78, 5) is 33.1. The zero-order valence-electron chi connectivity index (χ0n) is 26.3. The van der Waals surface area contributed by atoms with Crippen LogP contribution in [-0.2, 0) is 28.3 Å². The molecule has 0 spiro atoms. The van der Waals surface area contributed by atoms with Crippen LogP contribution in [0.5, 0.6) is 0 Å². The Morgan fingerprint density at radius 3 is 2.15 bits per heavy atom. The van der Waals surface area contributed by atoms with E-state index in [2.05, 4.69) is 11.8 Å². The quantitative estimate of drug-likeness (QED) is 0.340. The molecule has 2 heterocycles. The molecule has 4 rings (SSSR count). The van der Waals surface area contributed by atoms with Crippen LogP contribution < -0.4 is 0 Å². The number of rotatable bonds is 6. The van der Waals surface area contributed by atoms with Gasteiger partial charge < -0.3 is 14.5 Å². The maximum absolute atomic E-state index is 13.7. The van der Waals surface area contributed by atoms with Crippen LogP contribution >= 0.6 is 0 Å². The number of likely N-dealkylation sites (N-methyl/N-ethyl adjacent to an activating group) is 1. The topological polar surface area (TPSA) is 56.3 Å². The van der Waals surface area contributed by atoms with E-state index in [9.17, 15) is 35.9 Å². The first-order valence-electron chi connectivity index (χ1n) is 14.9. The van der Waals surface area contributed by atoms with E-state index in [1.54, 1.807) is 14.1 Å². The van der Waals surface area contributed by atoms with Crippen LogP contribution in [0.15, 0.2) is 36.4 Å². The molecular formula is C33H38F6N4O3. The van der Waals surface area contributed by atoms with Crippen molar-refractivity contribution in [2.45, 2.75) is 44.7 Å². The molecule has 46 heavy (non-hydrogen) atoms. The summed E-state index contributed by atoms with van der Waals surface area (Å²) in [6, 6.07) is 5.85. The van der Waals surface area contributed by atoms with Gasteiger partial charge in [0.2, 0.25) is 5.91 Å². The Morgan fingerprint density at radius 2 is 1.54 bits per heavy atom. The molecule has 2 aliphatic rings. The second-order valence-corrected chi connectivity index (χ2v) is 12.0. The third-order valence-corrected chi connectivity index (χ3v) is 8.38. The summed E-state index contributed by atoms with van der Waals surface area (Å²) >= 11 is 0. The number of aryl methyl sites for hydroxylation is 2. The van der Waals surface area contributed by atoms with Crippen molar-refractivity contribution in [2.24, 2.45) is 0 Å². The minimum absolute atomic E-state index is 0.0233. The maximum Gasteiger partial charge on any atom is 0.416 e. The lowest BCUT2D eigenvalue weighted by molar-refractivity contribution is -0.143. The normalized spacial score (nSPS) is 19.8. The van der Waals surface area contributed by atoms with Gasteiger partial charge in [0, 0.05) is 51.9 Å². The zero-order chi connectivity index (χ0) is 33.8. The minimum Gasteiger partial charge on any atom is -0.378 e. The molecule has 0 saturated carbocycles. The SMILES string of the molecule is Cc1ccc(CC2CN(CC#CCN3CCOC[C@H]3C(=O)N(C)C)CCN2C(=O)c2cc(C(F)(F)F)cc(C(F)(F)F)c2)cc1C. The molecule has 1 unspecified atom stereocenters. The molecular weight excluding hydrogens is 614 g/mol. The predicted octanol–water partition coefficient (Wildman–Crippen LogP) is 4.50. The molecule has 0 aromatic heterocycles. The average molecular weight is 653 g/mol. The van der Waals surface area contributed by atoms with Gasteiger partial charge in [-0.1, -0.05) is 30.0 Å². The summed E-state index contributed by atoms with van der Waals surface area (Å²) in [5.41, 5.74) is -0.734. The summed E-state index contributed by atoms with van der Waals surface area (Å²) in [7, 11) is 3.36. The number of ether oxygens (including phenoxy) is 1. The first-order valence-corrected chi connectivity index (χ1v) is 14.9. The van der Waals surface area contributed by atoms with Crippen LogP contribution in [0.3, 0.4) is 0 Å². The average Bonchev–Trinajstić information content (AvgIpc) is 2.99. The van der Waals surface area contributed by atoms with Crippen LogP contribution in [0, 0.1) is 25.7 Å². The van der Waals surface area contributed by atoms with Crippen LogP contribution in [0.4, 0.5) is 26.3 Å². The van der Waals surface area contributed by atoms with Gasteiger partial charge in [-0.15, -0.1) is 0 Å². The number of carbonyl (C=O) groups excluding carboxylic acids is 2. The fraction of sp³-hybridized carbons (Fsp3) is 0.515. The highest BCUT2D eigenvalue weighted by molar-refractivity contribution is 5.95. The van der Waals surface area contributed by atoms with Gasteiger partial charge in [-0.3, -0.25) is 19.4 Å². The lowest BCUT2D eigenvalue weighted by Crippen LogP contribution is -2.56. The minimum atomic E-state index is -5.06. The van der Waals surface area contributed by atoms with Crippen molar-refractivity contribution in [1.29, 1.82) is 0 Å². The summed E-state index contributed by atoms with van der Waals surface area (Å²) in [5, 5.41) is 0. The molecule has 2 aliphatic heterocycles. The molecule has 2 saturated heterocycles. The molecule has 0 aliphatic carbocycles. The number of benzene rings is 2. The Balaban J connectivity index is 1.54. The van der Waals surface area contributed by atoms with E-state index in [4.69, 9.17) is 4.74 Å². The zero-order valence-corrected chi connectivity index (χ0v) is 26.3. The van der Waals surface area contributed by atoms with Gasteiger partial charge in [-0.2, -0.15) is 26.3 Å². The van der Waals surface area contributed by atoms with Crippen LogP contribution in [0.1, 0.15) is 38.2 Å². The Kier molecular flexibility index (Phi) is 11.1. The van der Waals surface area contributed by atoms with Crippen molar-refractivity contribution in [2.75, 3.05) is 66.6 Å². The number of nitrogens with zero attached hydrogens (tertiary/aromatic N) is 4. The van der Waals surface area contributed by atoms with Crippen molar-refractivity contribution in [3.05, 3.63) is 69.8 Å². The summed E-state index contributed by atoms with van der Waals surface area (Å²) in [5.74, 6) is 5.29. The number of amides is 2. The fourth-order valence-electron chi connectivity index (χ4n) is 5.63. The van der Waals surface area contributed by atoms with Crippen LogP contribution in [-0.4, -0.2) is 110 Å². The number of hydrogen-bond donors (Lipinski definition) is 0. The Labute approximate surface area is 265 Å². The van der Waals surface area contributed by atoms with Gasteiger partial charge in [-0.05, 0) is 55.2 Å². The highest BCUT2D eigenvalue weighted by Gasteiger charge is 2.39. The third kappa shape index (κ3) is 8.80. The van der Waals surface area contributed by atoms with Gasteiger partial charge in [0.05, 0.1) is 37.4 Å². The number of halogens is 6. The lowest BCUT2D eigenvalue weighted by Gasteiger charge is -2.41. The molecule has 13 heteroatoms. The van der Waals surface area contributed by atoms with Gasteiger partial charge in [0.25, 0.3) is 5.91 Å². The van der Waals surface area contributed by atoms with E-state index in [1.165, 1.54) is 9.80 Å². The van der Waals surface area contributed by atoms with Gasteiger partial charge >= 0.3 is 12.4 Å². The second-order valence-electron chi connectivity index (χ2n) is 12.0. The number of hydrogen-bond acceptors (Lipinski definition) is 5. The summed E-state index contributed by atoms with van der Waals surface area (Å²) in [6.45, 7) is 6.66. The van der Waals surface area contributed by atoms with Gasteiger partial charge in [0.15, 0.2) is 0 Å². The number of alkyl halides is 6. The van der Waals surface area contributed by atoms with E-state index in [0.717, 1.165) is 16.7 Å². The highest BCUT2D eigenvalue weighted by Crippen LogP contribution is 2.37. The van der Waals surface area contributed by atoms with E-state index in [1.807, 2.05) is 41.8 Å². The summed E-state index contributed by atoms with van der Waals surface area (Å²) < 4.78 is 86.8. The predicted molar refractivity (Wildman–Crippen MR) is 160 cm³/mol. The molecule has 2 aromatic carbocycles. The van der Waals surface area contributed by atoms with Gasteiger partial charge in [0.1, 0.15) is 6.04 Å². The largest absolute Gasteiger partial charge is 0.416 e. The number of piperazine rings is 1. The maximum atomic E-state index is 13.7. The van der Waals surface area contributed by atoms with Crippen molar-refractivity contribution < 1.29 is 40.7 Å². The Hall–Kier alpha value is -3.60. The van der Waals surface area contributed by atoms with Crippen molar-refractivity contribution in [3.8, 4) is 11.8 Å². The standard InChI is InChI=1S/C33H38F6N4O3/c1-22-7-8-24(15-23(22)2)16-28-20-41(9-5-6-10-42-13-14-46-21-29(42)31(45)40(3)4)11-12-43(28)30(44)25-17-26(32(34,35)36)19-27(18-25)33(37,38)39/h7-8,15,17-19,28-29H,9-14,16,20-21H2,1-4H3/t28?,29-/m0/s1. The first kappa shape index (κ1) is 35.3. The molecule has 0 bridgehead atoms. The molecule has 2 aromatic rings. The van der Waals surface area contributed by atoms with Gasteiger partial charge in [-0.25, -0.2) is 0 Å². The fourth-order valence-corrected chi connectivity index (χ4v) is 5.63. The van der Waals surface area contributed by atoms with Crippen LogP contribution in [0.25, 0.3) is 0 Å². The third-order valence-electron chi connectivity index (χ3n) is 8.38. The number of morpholine rings is 1. The molecule has 2 fully saturated rings. The first-order chi connectivity index (χ1) is 21.5. The van der Waals surface area contributed by atoms with E-state index in [0.29, 0.717) is 57.9 Å². The van der Waals surface area contributed by atoms with Crippen molar-refractivity contribution in [1.82, 2.24) is 19.6 Å². The van der Waals surface area contributed by atoms with Crippen molar-refractivity contribution in [3.63, 3.8) is 0 Å². The molecule has 7 nitrogen and oxygen atoms in total. The molecule has 2 amide bonds. The van der Waals surface area contributed by atoms with E-state index in [-0.39, 0.29) is 25.1 Å². The van der Waals surface area contributed by atoms with Crippen molar-refractivity contribution >= 4 is 11.8 Å². The van der Waals surface area contributed by atoms with Crippen LogP contribution in [0.2, 0.25) is 0 Å². The smallest absolute Gasteiger partial charge is 0.378 e. The second kappa shape index (κ2) is 14.4. The molecule has 2 atom stereocenters. The molecule has 250 valence electrons. The summed E-state index contributed by atoms with van der Waals surface area (Å²) in [6.07, 6.45) is -9.77. The molecule has 0 radical (unpaired) electrons.